The van der Waals surface area contributed by atoms with Crippen LogP contribution in [0.4, 0.5) is 15.9 Å². The van der Waals surface area contributed by atoms with E-state index >= 15 is 0 Å². The third-order valence-corrected chi connectivity index (χ3v) is 4.23. The van der Waals surface area contributed by atoms with E-state index in [9.17, 15) is 14.0 Å². The lowest BCUT2D eigenvalue weighted by atomic mass is 10.2. The molecule has 1 heterocycles. The summed E-state index contributed by atoms with van der Waals surface area (Å²) in [7, 11) is 0. The minimum atomic E-state index is -0.702. The molecule has 0 radical (unpaired) electrons. The molecule has 0 aliphatic rings. The van der Waals surface area contributed by atoms with Gasteiger partial charge in [-0.1, -0.05) is 6.07 Å². The van der Waals surface area contributed by atoms with Crippen molar-refractivity contribution in [2.75, 3.05) is 22.9 Å². The number of carbonyl (C=O) groups is 2. The maximum Gasteiger partial charge on any atom is 0.316 e. The summed E-state index contributed by atoms with van der Waals surface area (Å²) in [6, 6.07) is 9.09. The van der Waals surface area contributed by atoms with Crippen molar-refractivity contribution in [3.8, 4) is 0 Å². The van der Waals surface area contributed by atoms with Gasteiger partial charge in [-0.25, -0.2) is 9.37 Å². The van der Waals surface area contributed by atoms with Crippen molar-refractivity contribution in [3.63, 3.8) is 0 Å². The van der Waals surface area contributed by atoms with Crippen LogP contribution < -0.4 is 15.1 Å². The third-order valence-electron chi connectivity index (χ3n) is 4.23. The van der Waals surface area contributed by atoms with Crippen LogP contribution in [0, 0.1) is 5.82 Å². The number of carbonyl (C=O) groups excluding carboxylic acids is 2. The molecule has 2 rings (SSSR count). The van der Waals surface area contributed by atoms with E-state index in [0.29, 0.717) is 5.69 Å². The van der Waals surface area contributed by atoms with Gasteiger partial charge < -0.3 is 10.2 Å². The number of anilines is 2. The number of amides is 2. The topological polar surface area (TPSA) is 65.5 Å². The predicted octanol–water partition coefficient (Wildman–Crippen LogP) is 3.12. The molecule has 0 aliphatic carbocycles. The number of hydrogen-bond acceptors (Lipinski definition) is 4. The Morgan fingerprint density at radius 2 is 1.71 bits per heavy atom. The number of nitrogens with zero attached hydrogens (tertiary/aromatic N) is 3. The van der Waals surface area contributed by atoms with Crippen molar-refractivity contribution in [1.82, 2.24) is 10.3 Å². The fourth-order valence-electron chi connectivity index (χ4n) is 2.78. The van der Waals surface area contributed by atoms with Crippen molar-refractivity contribution in [2.24, 2.45) is 0 Å². The minimum Gasteiger partial charge on any atom is -0.357 e. The smallest absolute Gasteiger partial charge is 0.316 e. The summed E-state index contributed by atoms with van der Waals surface area (Å²) >= 11 is 0. The Labute approximate surface area is 165 Å². The molecule has 7 heteroatoms. The first-order chi connectivity index (χ1) is 13.3. The molecule has 6 nitrogen and oxygen atoms in total. The van der Waals surface area contributed by atoms with Crippen LogP contribution in [-0.2, 0) is 16.1 Å². The molecule has 0 spiro atoms. The fraction of sp³-hybridized carbons (Fsp3) is 0.381. The highest BCUT2D eigenvalue weighted by Crippen LogP contribution is 2.19. The van der Waals surface area contributed by atoms with E-state index in [1.54, 1.807) is 20.0 Å². The van der Waals surface area contributed by atoms with Crippen LogP contribution in [0.2, 0.25) is 0 Å². The lowest BCUT2D eigenvalue weighted by Crippen LogP contribution is -2.45. The molecule has 28 heavy (non-hydrogen) atoms. The van der Waals surface area contributed by atoms with Gasteiger partial charge in [0.2, 0.25) is 0 Å². The summed E-state index contributed by atoms with van der Waals surface area (Å²) in [6.07, 6.45) is 1.69. The Morgan fingerprint density at radius 3 is 2.21 bits per heavy atom. The van der Waals surface area contributed by atoms with Crippen LogP contribution in [0.1, 0.15) is 33.3 Å². The maximum absolute atomic E-state index is 13.3. The largest absolute Gasteiger partial charge is 0.357 e. The molecule has 0 unspecified atom stereocenters. The van der Waals surface area contributed by atoms with Crippen molar-refractivity contribution in [2.45, 2.75) is 40.3 Å². The molecule has 2 aromatic rings. The van der Waals surface area contributed by atoms with Gasteiger partial charge in [0, 0.05) is 31.0 Å². The quantitative estimate of drug-likeness (QED) is 0.743. The number of halogens is 1. The second-order valence-corrected chi connectivity index (χ2v) is 6.69. The van der Waals surface area contributed by atoms with Crippen LogP contribution in [0.15, 0.2) is 42.6 Å². The SMILES string of the molecule is CCN(CC)c1ccc(CN(C(=O)C(=O)NC(C)C)c2ccc(F)cc2)cn1. The van der Waals surface area contributed by atoms with Gasteiger partial charge in [-0.15, -0.1) is 0 Å². The van der Waals surface area contributed by atoms with Crippen molar-refractivity contribution in [3.05, 3.63) is 54.0 Å². The first kappa shape index (κ1) is 21.3. The first-order valence-corrected chi connectivity index (χ1v) is 9.43. The van der Waals surface area contributed by atoms with Gasteiger partial charge in [-0.2, -0.15) is 0 Å². The molecule has 0 fully saturated rings. The summed E-state index contributed by atoms with van der Waals surface area (Å²) in [4.78, 5) is 32.9. The molecule has 1 aromatic carbocycles. The second kappa shape index (κ2) is 9.82. The zero-order valence-electron chi connectivity index (χ0n) is 16.8. The molecule has 0 bridgehead atoms. The van der Waals surface area contributed by atoms with Crippen LogP contribution in [0.25, 0.3) is 0 Å². The van der Waals surface area contributed by atoms with E-state index in [1.165, 1.54) is 29.2 Å². The monoisotopic (exact) mass is 386 g/mol. The number of aromatic nitrogens is 1. The zero-order valence-corrected chi connectivity index (χ0v) is 16.8. The number of benzene rings is 1. The van der Waals surface area contributed by atoms with E-state index in [-0.39, 0.29) is 12.6 Å². The van der Waals surface area contributed by atoms with Gasteiger partial charge in [0.05, 0.1) is 6.54 Å². The van der Waals surface area contributed by atoms with Crippen LogP contribution in [-0.4, -0.2) is 35.9 Å². The lowest BCUT2D eigenvalue weighted by molar-refractivity contribution is -0.138. The average Bonchev–Trinajstić information content (AvgIpc) is 2.68. The molecular weight excluding hydrogens is 359 g/mol. The van der Waals surface area contributed by atoms with Gasteiger partial charge in [0.1, 0.15) is 11.6 Å². The number of nitrogens with one attached hydrogen (secondary N) is 1. The minimum absolute atomic E-state index is 0.154. The van der Waals surface area contributed by atoms with Gasteiger partial charge in [-0.05, 0) is 63.6 Å². The van der Waals surface area contributed by atoms with Gasteiger partial charge in [-0.3, -0.25) is 14.5 Å². The van der Waals surface area contributed by atoms with Crippen molar-refractivity contribution in [1.29, 1.82) is 0 Å². The molecule has 0 atom stereocenters. The van der Waals surface area contributed by atoms with E-state index < -0.39 is 17.6 Å². The number of hydrogen-bond donors (Lipinski definition) is 1. The molecule has 150 valence electrons. The van der Waals surface area contributed by atoms with E-state index in [0.717, 1.165) is 24.5 Å². The molecular formula is C21H27FN4O2. The second-order valence-electron chi connectivity index (χ2n) is 6.69. The summed E-state index contributed by atoms with van der Waals surface area (Å²) in [6.45, 7) is 9.52. The summed E-state index contributed by atoms with van der Waals surface area (Å²) < 4.78 is 13.3. The Morgan fingerprint density at radius 1 is 1.07 bits per heavy atom. The number of pyridine rings is 1. The molecule has 0 aliphatic heterocycles. The average molecular weight is 386 g/mol. The maximum atomic E-state index is 13.3. The summed E-state index contributed by atoms with van der Waals surface area (Å²) in [5, 5.41) is 2.60. The Kier molecular flexibility index (Phi) is 7.49. The molecule has 0 saturated carbocycles. The molecule has 2 amide bonds. The summed E-state index contributed by atoms with van der Waals surface area (Å²) in [5.74, 6) is -0.959. The highest BCUT2D eigenvalue weighted by atomic mass is 19.1. The van der Waals surface area contributed by atoms with Crippen LogP contribution >= 0.6 is 0 Å². The molecule has 0 saturated heterocycles. The van der Waals surface area contributed by atoms with Gasteiger partial charge in [0.15, 0.2) is 0 Å². The van der Waals surface area contributed by atoms with Crippen LogP contribution in [0.5, 0.6) is 0 Å². The number of rotatable bonds is 7. The third kappa shape index (κ3) is 5.52. The first-order valence-electron chi connectivity index (χ1n) is 9.43. The van der Waals surface area contributed by atoms with Gasteiger partial charge >= 0.3 is 11.8 Å². The van der Waals surface area contributed by atoms with Gasteiger partial charge in [0.25, 0.3) is 0 Å². The van der Waals surface area contributed by atoms with Crippen LogP contribution in [0.3, 0.4) is 0 Å². The Hall–Kier alpha value is -2.96. The summed E-state index contributed by atoms with van der Waals surface area (Å²) in [5.41, 5.74) is 1.21. The van der Waals surface area contributed by atoms with Crippen molar-refractivity contribution >= 4 is 23.3 Å². The van der Waals surface area contributed by atoms with Crippen molar-refractivity contribution < 1.29 is 14.0 Å². The zero-order chi connectivity index (χ0) is 20.7. The Balaban J connectivity index is 2.27. The standard InChI is InChI=1S/C21H27FN4O2/c1-5-25(6-2)19-12-7-16(13-23-19)14-26(18-10-8-17(22)9-11-18)21(28)20(27)24-15(3)4/h7-13,15H,5-6,14H2,1-4H3,(H,24,27). The molecule has 1 N–H and O–H groups in total. The lowest BCUT2D eigenvalue weighted by Gasteiger charge is -2.24. The van der Waals surface area contributed by atoms with E-state index in [1.807, 2.05) is 12.1 Å². The Bertz CT molecular complexity index is 787. The van der Waals surface area contributed by atoms with E-state index in [2.05, 4.69) is 29.0 Å². The fourth-order valence-corrected chi connectivity index (χ4v) is 2.78. The highest BCUT2D eigenvalue weighted by Gasteiger charge is 2.24. The normalized spacial score (nSPS) is 10.6. The predicted molar refractivity (Wildman–Crippen MR) is 109 cm³/mol. The molecule has 1 aromatic heterocycles. The van der Waals surface area contributed by atoms with E-state index in [4.69, 9.17) is 0 Å². The highest BCUT2D eigenvalue weighted by molar-refractivity contribution is 6.40.